The topological polar surface area (TPSA) is 55.4 Å². The standard InChI is InChI=1S/C19H23Cl2NO3S/c1-19(2,3)14-7-9-15(10-8-14)25-12-11-22-26(23,24)13-16-17(20)5-4-6-18(16)21/h4-10,22H,11-13H2,1-3H3. The van der Waals surface area contributed by atoms with E-state index in [9.17, 15) is 8.42 Å². The third-order valence-electron chi connectivity index (χ3n) is 3.81. The minimum Gasteiger partial charge on any atom is -0.492 e. The number of rotatable bonds is 7. The first-order valence-electron chi connectivity index (χ1n) is 8.22. The third kappa shape index (κ3) is 6.16. The molecule has 1 N–H and O–H groups in total. The number of ether oxygens (including phenoxy) is 1. The maximum atomic E-state index is 12.2. The molecule has 0 aliphatic heterocycles. The van der Waals surface area contributed by atoms with Crippen LogP contribution in [0.4, 0.5) is 0 Å². The van der Waals surface area contributed by atoms with E-state index in [1.54, 1.807) is 18.2 Å². The fraction of sp³-hybridized carbons (Fsp3) is 0.368. The highest BCUT2D eigenvalue weighted by molar-refractivity contribution is 7.88. The van der Waals surface area contributed by atoms with Crippen molar-refractivity contribution in [3.8, 4) is 5.75 Å². The molecule has 0 saturated carbocycles. The molecule has 4 nitrogen and oxygen atoms in total. The van der Waals surface area contributed by atoms with Gasteiger partial charge in [0, 0.05) is 22.2 Å². The highest BCUT2D eigenvalue weighted by atomic mass is 35.5. The highest BCUT2D eigenvalue weighted by Gasteiger charge is 2.16. The fourth-order valence-corrected chi connectivity index (χ4v) is 4.21. The third-order valence-corrected chi connectivity index (χ3v) is 5.83. The molecule has 0 fully saturated rings. The normalized spacial score (nSPS) is 12.2. The summed E-state index contributed by atoms with van der Waals surface area (Å²) >= 11 is 12.0. The van der Waals surface area contributed by atoms with Gasteiger partial charge in [-0.3, -0.25) is 0 Å². The summed E-state index contributed by atoms with van der Waals surface area (Å²) in [6.45, 7) is 6.81. The molecule has 0 amide bonds. The van der Waals surface area contributed by atoms with E-state index in [-0.39, 0.29) is 24.3 Å². The van der Waals surface area contributed by atoms with Crippen LogP contribution in [0, 0.1) is 0 Å². The summed E-state index contributed by atoms with van der Waals surface area (Å²) in [5, 5.41) is 0.663. The van der Waals surface area contributed by atoms with Crippen molar-refractivity contribution in [2.75, 3.05) is 13.2 Å². The Bertz CT molecular complexity index is 824. The van der Waals surface area contributed by atoms with E-state index in [0.29, 0.717) is 21.4 Å². The van der Waals surface area contributed by atoms with Gasteiger partial charge in [0.15, 0.2) is 0 Å². The maximum Gasteiger partial charge on any atom is 0.216 e. The van der Waals surface area contributed by atoms with Crippen LogP contribution in [-0.4, -0.2) is 21.6 Å². The Balaban J connectivity index is 1.85. The molecular weight excluding hydrogens is 393 g/mol. The molecule has 26 heavy (non-hydrogen) atoms. The highest BCUT2D eigenvalue weighted by Crippen LogP contribution is 2.26. The zero-order valence-electron chi connectivity index (χ0n) is 15.1. The number of sulfonamides is 1. The summed E-state index contributed by atoms with van der Waals surface area (Å²) in [6, 6.07) is 12.7. The molecule has 0 radical (unpaired) electrons. The first kappa shape index (κ1) is 21.0. The number of benzene rings is 2. The van der Waals surface area contributed by atoms with Crippen molar-refractivity contribution in [1.29, 1.82) is 0 Å². The molecule has 0 aromatic heterocycles. The summed E-state index contributed by atoms with van der Waals surface area (Å²) < 4.78 is 32.5. The molecule has 142 valence electrons. The van der Waals surface area contributed by atoms with Crippen molar-refractivity contribution in [3.05, 3.63) is 63.6 Å². The summed E-state index contributed by atoms with van der Waals surface area (Å²) in [7, 11) is -3.56. The van der Waals surface area contributed by atoms with Gasteiger partial charge in [-0.25, -0.2) is 13.1 Å². The molecule has 0 aliphatic carbocycles. The number of hydrogen-bond donors (Lipinski definition) is 1. The molecule has 0 bridgehead atoms. The quantitative estimate of drug-likeness (QED) is 0.661. The van der Waals surface area contributed by atoms with Gasteiger partial charge in [-0.05, 0) is 35.2 Å². The summed E-state index contributed by atoms with van der Waals surface area (Å²) in [6.07, 6.45) is 0. The lowest BCUT2D eigenvalue weighted by Crippen LogP contribution is -2.29. The van der Waals surface area contributed by atoms with Gasteiger partial charge in [0.25, 0.3) is 0 Å². The van der Waals surface area contributed by atoms with E-state index in [1.807, 2.05) is 24.3 Å². The molecule has 0 atom stereocenters. The van der Waals surface area contributed by atoms with Crippen LogP contribution in [0.5, 0.6) is 5.75 Å². The van der Waals surface area contributed by atoms with Gasteiger partial charge >= 0.3 is 0 Å². The minimum atomic E-state index is -3.56. The lowest BCUT2D eigenvalue weighted by molar-refractivity contribution is 0.322. The van der Waals surface area contributed by atoms with E-state index < -0.39 is 10.0 Å². The summed E-state index contributed by atoms with van der Waals surface area (Å²) in [4.78, 5) is 0. The molecule has 0 aliphatic rings. The van der Waals surface area contributed by atoms with Crippen LogP contribution in [0.2, 0.25) is 10.0 Å². The van der Waals surface area contributed by atoms with Crippen molar-refractivity contribution in [3.63, 3.8) is 0 Å². The molecule has 2 rings (SSSR count). The van der Waals surface area contributed by atoms with Crippen molar-refractivity contribution >= 4 is 33.2 Å². The largest absolute Gasteiger partial charge is 0.492 e. The van der Waals surface area contributed by atoms with E-state index in [4.69, 9.17) is 27.9 Å². The van der Waals surface area contributed by atoms with E-state index in [0.717, 1.165) is 0 Å². The predicted molar refractivity (Wildman–Crippen MR) is 108 cm³/mol. The molecule has 0 spiro atoms. The van der Waals surface area contributed by atoms with Gasteiger partial charge in [0.1, 0.15) is 12.4 Å². The lowest BCUT2D eigenvalue weighted by Gasteiger charge is -2.19. The summed E-state index contributed by atoms with van der Waals surface area (Å²) in [5.41, 5.74) is 1.68. The second kappa shape index (κ2) is 8.61. The first-order valence-corrected chi connectivity index (χ1v) is 10.6. The van der Waals surface area contributed by atoms with Crippen LogP contribution in [-0.2, 0) is 21.2 Å². The van der Waals surface area contributed by atoms with Crippen molar-refractivity contribution in [2.45, 2.75) is 31.9 Å². The van der Waals surface area contributed by atoms with E-state index >= 15 is 0 Å². The van der Waals surface area contributed by atoms with Crippen LogP contribution >= 0.6 is 23.2 Å². The van der Waals surface area contributed by atoms with Gasteiger partial charge in [-0.2, -0.15) is 0 Å². The molecule has 2 aromatic rings. The van der Waals surface area contributed by atoms with Gasteiger partial charge in [0.2, 0.25) is 10.0 Å². The van der Waals surface area contributed by atoms with Crippen LogP contribution in [0.25, 0.3) is 0 Å². The maximum absolute atomic E-state index is 12.2. The minimum absolute atomic E-state index is 0.0775. The fourth-order valence-electron chi connectivity index (χ4n) is 2.33. The molecule has 2 aromatic carbocycles. The van der Waals surface area contributed by atoms with Crippen molar-refractivity contribution in [1.82, 2.24) is 4.72 Å². The molecule has 0 heterocycles. The smallest absolute Gasteiger partial charge is 0.216 e. The Morgan fingerprint density at radius 1 is 1.00 bits per heavy atom. The van der Waals surface area contributed by atoms with Gasteiger partial charge in [0.05, 0.1) is 5.75 Å². The molecule has 7 heteroatoms. The van der Waals surface area contributed by atoms with Crippen molar-refractivity contribution < 1.29 is 13.2 Å². The Morgan fingerprint density at radius 2 is 1.58 bits per heavy atom. The monoisotopic (exact) mass is 415 g/mol. The van der Waals surface area contributed by atoms with Gasteiger partial charge < -0.3 is 4.74 Å². The van der Waals surface area contributed by atoms with Crippen LogP contribution in [0.3, 0.4) is 0 Å². The number of hydrogen-bond acceptors (Lipinski definition) is 3. The Labute approximate surface area is 165 Å². The summed E-state index contributed by atoms with van der Waals surface area (Å²) in [5.74, 6) is 0.428. The van der Waals surface area contributed by atoms with Gasteiger partial charge in [-0.15, -0.1) is 0 Å². The average Bonchev–Trinajstić information content (AvgIpc) is 2.55. The Morgan fingerprint density at radius 3 is 2.12 bits per heavy atom. The van der Waals surface area contributed by atoms with E-state index in [2.05, 4.69) is 25.5 Å². The Kier molecular flexibility index (Phi) is 6.97. The SMILES string of the molecule is CC(C)(C)c1ccc(OCCNS(=O)(=O)Cc2c(Cl)cccc2Cl)cc1. The molecular formula is C19H23Cl2NO3S. The second-order valence-corrected chi connectivity index (χ2v) is 9.60. The van der Waals surface area contributed by atoms with Crippen LogP contribution < -0.4 is 9.46 Å². The number of halogens is 2. The lowest BCUT2D eigenvalue weighted by atomic mass is 9.87. The van der Waals surface area contributed by atoms with Crippen LogP contribution in [0.15, 0.2) is 42.5 Å². The number of nitrogens with one attached hydrogen (secondary N) is 1. The predicted octanol–water partition coefficient (Wildman–Crippen LogP) is 4.79. The van der Waals surface area contributed by atoms with Crippen molar-refractivity contribution in [2.24, 2.45) is 0 Å². The first-order chi connectivity index (χ1) is 12.1. The average molecular weight is 416 g/mol. The Hall–Kier alpha value is -1.27. The van der Waals surface area contributed by atoms with Gasteiger partial charge in [-0.1, -0.05) is 62.2 Å². The van der Waals surface area contributed by atoms with E-state index in [1.165, 1.54) is 5.56 Å². The molecule has 0 saturated heterocycles. The zero-order valence-corrected chi connectivity index (χ0v) is 17.4. The van der Waals surface area contributed by atoms with Crippen LogP contribution in [0.1, 0.15) is 31.9 Å². The zero-order chi connectivity index (χ0) is 19.4. The second-order valence-electron chi connectivity index (χ2n) is 6.98. The molecule has 0 unspecified atom stereocenters.